The Bertz CT molecular complexity index is 1020. The van der Waals surface area contributed by atoms with Gasteiger partial charge in [0.05, 0.1) is 17.4 Å². The summed E-state index contributed by atoms with van der Waals surface area (Å²) in [5.74, 6) is 0.739. The van der Waals surface area contributed by atoms with Crippen LogP contribution in [0.15, 0.2) is 0 Å². The third kappa shape index (κ3) is 11.6. The number of hydrogen-bond acceptors (Lipinski definition) is 6. The van der Waals surface area contributed by atoms with Crippen LogP contribution in [0, 0.1) is 36.0 Å². The molecule has 0 aliphatic heterocycles. The monoisotopic (exact) mass is 632 g/mol. The smallest absolute Gasteiger partial charge is 0.226 e. The predicted molar refractivity (Wildman–Crippen MR) is 164 cm³/mol. The first-order chi connectivity index (χ1) is 20.2. The van der Waals surface area contributed by atoms with E-state index >= 15 is 0 Å². The van der Waals surface area contributed by atoms with E-state index in [0.717, 1.165) is 12.8 Å². The van der Waals surface area contributed by atoms with Gasteiger partial charge in [-0.05, 0) is 71.1 Å². The standard InChI is InChI=1S/C31H54F2N4O5S/c1-7-11-36(12-8-2)31(40)25-14-22(9-3)13-24(18-25)30(39)34-28(17-23-15-26(32)19-27(33)16-23)29(38)20-37(10-4)35-43(41,42)21(5)6/h3,21-29,35,38H,7-8,10-20H2,1-2,4-6H3,(H,34,39). The molecule has 2 aliphatic rings. The third-order valence-corrected chi connectivity index (χ3v) is 10.5. The highest BCUT2D eigenvalue weighted by molar-refractivity contribution is 7.90. The highest BCUT2D eigenvalue weighted by atomic mass is 32.2. The zero-order valence-corrected chi connectivity index (χ0v) is 27.4. The molecule has 0 heterocycles. The van der Waals surface area contributed by atoms with Crippen LogP contribution in [0.1, 0.15) is 92.4 Å². The Balaban J connectivity index is 2.25. The van der Waals surface area contributed by atoms with E-state index in [2.05, 4.69) is 16.1 Å². The SMILES string of the molecule is C#CC1CC(C(=O)NC(CC2CC(F)CC(F)C2)C(O)CN(CC)NS(=O)(=O)C(C)C)CC(C(=O)N(CCC)CCC)C1. The second-order valence-electron chi connectivity index (χ2n) is 12.7. The van der Waals surface area contributed by atoms with Crippen LogP contribution < -0.4 is 10.1 Å². The lowest BCUT2D eigenvalue weighted by molar-refractivity contribution is -0.139. The number of alkyl halides is 2. The molecule has 0 spiro atoms. The fourth-order valence-corrected chi connectivity index (χ4v) is 7.10. The molecule has 0 aromatic rings. The minimum absolute atomic E-state index is 0.000704. The molecule has 0 aromatic heterocycles. The molecule has 2 aliphatic carbocycles. The fourth-order valence-electron chi connectivity index (χ4n) is 6.32. The number of sulfonamides is 1. The van der Waals surface area contributed by atoms with E-state index in [0.29, 0.717) is 32.4 Å². The zero-order valence-electron chi connectivity index (χ0n) is 26.6. The van der Waals surface area contributed by atoms with Crippen molar-refractivity contribution in [2.75, 3.05) is 26.2 Å². The maximum absolute atomic E-state index is 14.3. The van der Waals surface area contributed by atoms with E-state index in [-0.39, 0.29) is 56.5 Å². The normalized spacial score (nSPS) is 27.8. The second kappa shape index (κ2) is 17.6. The zero-order chi connectivity index (χ0) is 32.3. The maximum Gasteiger partial charge on any atom is 0.226 e. The van der Waals surface area contributed by atoms with Crippen molar-refractivity contribution >= 4 is 21.8 Å². The molecule has 0 aromatic carbocycles. The molecular formula is C31H54F2N4O5S. The van der Waals surface area contributed by atoms with Gasteiger partial charge in [-0.3, -0.25) is 9.59 Å². The van der Waals surface area contributed by atoms with Gasteiger partial charge >= 0.3 is 0 Å². The topological polar surface area (TPSA) is 119 Å². The van der Waals surface area contributed by atoms with Gasteiger partial charge in [0, 0.05) is 50.4 Å². The van der Waals surface area contributed by atoms with Crippen molar-refractivity contribution in [1.29, 1.82) is 0 Å². The van der Waals surface area contributed by atoms with Gasteiger partial charge in [-0.15, -0.1) is 17.2 Å². The number of halogens is 2. The summed E-state index contributed by atoms with van der Waals surface area (Å²) in [5.41, 5.74) is 0. The molecule has 2 saturated carbocycles. The molecule has 2 amide bonds. The summed E-state index contributed by atoms with van der Waals surface area (Å²) in [6.45, 7) is 10.2. The van der Waals surface area contributed by atoms with Gasteiger partial charge in [-0.25, -0.2) is 22.2 Å². The molecule has 7 unspecified atom stereocenters. The van der Waals surface area contributed by atoms with Crippen LogP contribution in [0.5, 0.6) is 0 Å². The van der Waals surface area contributed by atoms with Crippen molar-refractivity contribution in [3.05, 3.63) is 0 Å². The van der Waals surface area contributed by atoms with E-state index in [1.807, 2.05) is 18.7 Å². The molecule has 9 nitrogen and oxygen atoms in total. The molecule has 248 valence electrons. The van der Waals surface area contributed by atoms with Crippen LogP contribution in [-0.4, -0.2) is 91.2 Å². The molecular weight excluding hydrogens is 578 g/mol. The Morgan fingerprint density at radius 3 is 2.07 bits per heavy atom. The summed E-state index contributed by atoms with van der Waals surface area (Å²) in [6.07, 6.45) is 5.05. The predicted octanol–water partition coefficient (Wildman–Crippen LogP) is 3.58. The molecule has 12 heteroatoms. The molecule has 0 bridgehead atoms. The lowest BCUT2D eigenvalue weighted by Gasteiger charge is -2.37. The fraction of sp³-hybridized carbons (Fsp3) is 0.871. The number of hydrogen-bond donors (Lipinski definition) is 3. The molecule has 2 rings (SSSR count). The lowest BCUT2D eigenvalue weighted by atomic mass is 9.74. The number of likely N-dealkylation sites (N-methyl/N-ethyl adjacent to an activating group) is 1. The van der Waals surface area contributed by atoms with Crippen molar-refractivity contribution in [1.82, 2.24) is 20.1 Å². The maximum atomic E-state index is 14.3. The molecule has 0 radical (unpaired) electrons. The molecule has 3 N–H and O–H groups in total. The summed E-state index contributed by atoms with van der Waals surface area (Å²) in [4.78, 5) is 31.5. The van der Waals surface area contributed by atoms with Gasteiger partial charge in [0.2, 0.25) is 21.8 Å². The summed E-state index contributed by atoms with van der Waals surface area (Å²) >= 11 is 0. The first-order valence-corrected chi connectivity index (χ1v) is 17.6. The van der Waals surface area contributed by atoms with E-state index in [4.69, 9.17) is 6.42 Å². The van der Waals surface area contributed by atoms with Gasteiger partial charge in [0.15, 0.2) is 0 Å². The first-order valence-electron chi connectivity index (χ1n) is 16.0. The number of rotatable bonds is 16. The van der Waals surface area contributed by atoms with E-state index < -0.39 is 57.5 Å². The number of carbonyl (C=O) groups is 2. The highest BCUT2D eigenvalue weighted by Crippen LogP contribution is 2.36. The number of carbonyl (C=O) groups excluding carboxylic acids is 2. The Kier molecular flexibility index (Phi) is 15.3. The number of aliphatic hydroxyl groups is 1. The summed E-state index contributed by atoms with van der Waals surface area (Å²) in [7, 11) is -3.68. The Labute approximate surface area is 257 Å². The summed E-state index contributed by atoms with van der Waals surface area (Å²) in [6, 6.07) is -0.885. The van der Waals surface area contributed by atoms with Crippen LogP contribution >= 0.6 is 0 Å². The average molecular weight is 633 g/mol. The largest absolute Gasteiger partial charge is 0.390 e. The van der Waals surface area contributed by atoms with Crippen molar-refractivity contribution in [2.24, 2.45) is 23.7 Å². The minimum atomic E-state index is -3.68. The number of nitrogens with zero attached hydrogens (tertiary/aromatic N) is 2. The van der Waals surface area contributed by atoms with Gasteiger partial charge in [0.25, 0.3) is 0 Å². The van der Waals surface area contributed by atoms with E-state index in [9.17, 15) is 31.9 Å². The third-order valence-electron chi connectivity index (χ3n) is 8.70. The number of terminal acetylenes is 1. The number of amides is 2. The molecule has 0 saturated heterocycles. The van der Waals surface area contributed by atoms with Crippen LogP contribution in [0.3, 0.4) is 0 Å². The lowest BCUT2D eigenvalue weighted by Crippen LogP contribution is -2.55. The summed E-state index contributed by atoms with van der Waals surface area (Å²) < 4.78 is 53.5. The van der Waals surface area contributed by atoms with Crippen LogP contribution in [0.25, 0.3) is 0 Å². The van der Waals surface area contributed by atoms with Gasteiger partial charge < -0.3 is 15.3 Å². The molecule has 43 heavy (non-hydrogen) atoms. The van der Waals surface area contributed by atoms with Crippen molar-refractivity contribution in [3.8, 4) is 12.3 Å². The number of aliphatic hydroxyl groups excluding tert-OH is 1. The molecule has 2 fully saturated rings. The quantitative estimate of drug-likeness (QED) is 0.177. The van der Waals surface area contributed by atoms with Gasteiger partial charge in [-0.1, -0.05) is 20.8 Å². The van der Waals surface area contributed by atoms with Gasteiger partial charge in [-0.2, -0.15) is 0 Å². The van der Waals surface area contributed by atoms with Gasteiger partial charge in [0.1, 0.15) is 12.3 Å². The Hall–Kier alpha value is -1.81. The number of hydrazine groups is 1. The van der Waals surface area contributed by atoms with Crippen LogP contribution in [0.2, 0.25) is 0 Å². The van der Waals surface area contributed by atoms with Crippen molar-refractivity contribution in [3.63, 3.8) is 0 Å². The highest BCUT2D eigenvalue weighted by Gasteiger charge is 2.39. The summed E-state index contributed by atoms with van der Waals surface area (Å²) in [5, 5.41) is 14.9. The Morgan fingerprint density at radius 1 is 0.977 bits per heavy atom. The number of nitrogens with one attached hydrogen (secondary N) is 2. The van der Waals surface area contributed by atoms with Crippen LogP contribution in [0.4, 0.5) is 8.78 Å². The van der Waals surface area contributed by atoms with Crippen LogP contribution in [-0.2, 0) is 19.6 Å². The van der Waals surface area contributed by atoms with E-state index in [1.165, 1.54) is 18.9 Å². The molecule has 7 atom stereocenters. The minimum Gasteiger partial charge on any atom is -0.390 e. The van der Waals surface area contributed by atoms with Crippen molar-refractivity contribution < 1.29 is 31.9 Å². The van der Waals surface area contributed by atoms with E-state index in [1.54, 1.807) is 6.92 Å². The Morgan fingerprint density at radius 2 is 1.56 bits per heavy atom. The second-order valence-corrected chi connectivity index (χ2v) is 14.9. The van der Waals surface area contributed by atoms with Crippen molar-refractivity contribution in [2.45, 2.75) is 122 Å². The first kappa shape index (κ1) is 37.4. The average Bonchev–Trinajstić information content (AvgIpc) is 2.94.